The zero-order valence-electron chi connectivity index (χ0n) is 11.9. The van der Waals surface area contributed by atoms with Crippen LogP contribution in [0.5, 0.6) is 0 Å². The summed E-state index contributed by atoms with van der Waals surface area (Å²) >= 11 is 0. The summed E-state index contributed by atoms with van der Waals surface area (Å²) in [5.74, 6) is -0.974. The van der Waals surface area contributed by atoms with E-state index in [1.54, 1.807) is 7.11 Å². The molecule has 1 aromatic rings. The minimum atomic E-state index is -3.58. The number of nitrogen functional groups attached to an aromatic ring is 1. The Kier molecular flexibility index (Phi) is 7.58. The molecule has 0 radical (unpaired) electrons. The summed E-state index contributed by atoms with van der Waals surface area (Å²) in [6.07, 6.45) is 0. The molecule has 0 aromatic heterocycles. The molecule has 0 bridgehead atoms. The van der Waals surface area contributed by atoms with Crippen molar-refractivity contribution in [1.82, 2.24) is 0 Å². The monoisotopic (exact) mass is 321 g/mol. The third-order valence-electron chi connectivity index (χ3n) is 2.63. The van der Waals surface area contributed by atoms with Crippen LogP contribution in [-0.2, 0) is 24.0 Å². The Morgan fingerprint density at radius 3 is 2.33 bits per heavy atom. The third kappa shape index (κ3) is 6.38. The number of ether oxygens (including phenoxy) is 3. The molecule has 0 heterocycles. The van der Waals surface area contributed by atoms with E-state index in [1.165, 1.54) is 12.1 Å². The second-order valence-electron chi connectivity index (χ2n) is 4.22. The molecule has 21 heavy (non-hydrogen) atoms. The van der Waals surface area contributed by atoms with Crippen LogP contribution in [0, 0.1) is 5.82 Å². The maximum absolute atomic E-state index is 13.3. The first-order valence-corrected chi connectivity index (χ1v) is 8.05. The number of hydrogen-bond donors (Lipinski definition) is 1. The average Bonchev–Trinajstić information content (AvgIpc) is 2.44. The van der Waals surface area contributed by atoms with Gasteiger partial charge in [-0.3, -0.25) is 0 Å². The van der Waals surface area contributed by atoms with E-state index >= 15 is 0 Å². The van der Waals surface area contributed by atoms with Crippen molar-refractivity contribution >= 4 is 15.5 Å². The highest BCUT2D eigenvalue weighted by Gasteiger charge is 2.15. The molecule has 2 N–H and O–H groups in total. The smallest absolute Gasteiger partial charge is 0.180 e. The van der Waals surface area contributed by atoms with Crippen molar-refractivity contribution in [3.63, 3.8) is 0 Å². The molecule has 0 atom stereocenters. The van der Waals surface area contributed by atoms with Gasteiger partial charge in [-0.2, -0.15) is 0 Å². The van der Waals surface area contributed by atoms with Crippen LogP contribution in [0.25, 0.3) is 0 Å². The number of halogens is 1. The molecule has 0 saturated carbocycles. The molecule has 6 nitrogen and oxygen atoms in total. The van der Waals surface area contributed by atoms with E-state index in [-0.39, 0.29) is 29.5 Å². The van der Waals surface area contributed by atoms with E-state index < -0.39 is 15.7 Å². The number of methoxy groups -OCH3 is 1. The fraction of sp³-hybridized carbons (Fsp3) is 0.538. The van der Waals surface area contributed by atoms with Gasteiger partial charge < -0.3 is 19.9 Å². The zero-order chi connectivity index (χ0) is 15.7. The Balaban J connectivity index is 2.31. The lowest BCUT2D eigenvalue weighted by molar-refractivity contribution is 0.0284. The first-order chi connectivity index (χ1) is 9.97. The van der Waals surface area contributed by atoms with Crippen molar-refractivity contribution in [3.05, 3.63) is 24.0 Å². The summed E-state index contributed by atoms with van der Waals surface area (Å²) in [6, 6.07) is 3.42. The van der Waals surface area contributed by atoms with Gasteiger partial charge in [0.15, 0.2) is 9.84 Å². The summed E-state index contributed by atoms with van der Waals surface area (Å²) in [5.41, 5.74) is 5.22. The van der Waals surface area contributed by atoms with E-state index in [0.717, 1.165) is 6.07 Å². The molecule has 0 saturated heterocycles. The number of nitrogens with two attached hydrogens (primary N) is 1. The molecule has 0 aliphatic heterocycles. The van der Waals surface area contributed by atoms with Crippen molar-refractivity contribution in [2.24, 2.45) is 0 Å². The van der Waals surface area contributed by atoms with Gasteiger partial charge >= 0.3 is 0 Å². The summed E-state index contributed by atoms with van der Waals surface area (Å²) < 4.78 is 52.2. The molecule has 0 fully saturated rings. The van der Waals surface area contributed by atoms with Crippen molar-refractivity contribution in [2.75, 3.05) is 51.6 Å². The molecule has 0 aliphatic rings. The third-order valence-corrected chi connectivity index (χ3v) is 4.31. The topological polar surface area (TPSA) is 87.9 Å². The zero-order valence-corrected chi connectivity index (χ0v) is 12.7. The van der Waals surface area contributed by atoms with Gasteiger partial charge in [-0.25, -0.2) is 12.8 Å². The molecule has 0 spiro atoms. The van der Waals surface area contributed by atoms with Crippen LogP contribution >= 0.6 is 0 Å². The maximum atomic E-state index is 13.3. The fourth-order valence-electron chi connectivity index (χ4n) is 1.45. The number of hydrogen-bond acceptors (Lipinski definition) is 6. The Morgan fingerprint density at radius 2 is 1.71 bits per heavy atom. The summed E-state index contributed by atoms with van der Waals surface area (Å²) in [7, 11) is -2.01. The summed E-state index contributed by atoms with van der Waals surface area (Å²) in [4.78, 5) is -0.103. The van der Waals surface area contributed by atoms with Crippen LogP contribution in [0.4, 0.5) is 10.1 Å². The normalized spacial score (nSPS) is 11.7. The fourth-order valence-corrected chi connectivity index (χ4v) is 2.58. The first kappa shape index (κ1) is 17.8. The summed E-state index contributed by atoms with van der Waals surface area (Å²) in [5, 5.41) is 0. The number of benzene rings is 1. The molecular weight excluding hydrogens is 301 g/mol. The van der Waals surface area contributed by atoms with Crippen molar-refractivity contribution in [2.45, 2.75) is 4.90 Å². The van der Waals surface area contributed by atoms with Crippen LogP contribution < -0.4 is 5.73 Å². The predicted octanol–water partition coefficient (Wildman–Crippen LogP) is 0.861. The molecule has 1 rings (SSSR count). The SMILES string of the molecule is COCCOCCOCCS(=O)(=O)c1ccc(N)c(F)c1. The van der Waals surface area contributed by atoms with Gasteiger partial charge in [0.1, 0.15) is 5.82 Å². The Bertz CT molecular complexity index is 535. The van der Waals surface area contributed by atoms with E-state index in [0.29, 0.717) is 19.8 Å². The molecular formula is C13H20FNO5S. The lowest BCUT2D eigenvalue weighted by Gasteiger charge is -2.07. The van der Waals surface area contributed by atoms with Gasteiger partial charge in [0.25, 0.3) is 0 Å². The predicted molar refractivity (Wildman–Crippen MR) is 76.4 cm³/mol. The minimum Gasteiger partial charge on any atom is -0.396 e. The highest BCUT2D eigenvalue weighted by Crippen LogP contribution is 2.17. The van der Waals surface area contributed by atoms with Gasteiger partial charge in [-0.15, -0.1) is 0 Å². The summed E-state index contributed by atoms with van der Waals surface area (Å²) in [6.45, 7) is 1.62. The first-order valence-electron chi connectivity index (χ1n) is 6.39. The highest BCUT2D eigenvalue weighted by molar-refractivity contribution is 7.91. The van der Waals surface area contributed by atoms with Gasteiger partial charge in [0, 0.05) is 7.11 Å². The van der Waals surface area contributed by atoms with Gasteiger partial charge in [0.2, 0.25) is 0 Å². The molecule has 0 unspecified atom stereocenters. The number of rotatable bonds is 10. The van der Waals surface area contributed by atoms with Crippen molar-refractivity contribution < 1.29 is 27.0 Å². The molecule has 120 valence electrons. The molecule has 1 aromatic carbocycles. The van der Waals surface area contributed by atoms with Crippen molar-refractivity contribution in [1.29, 1.82) is 0 Å². The van der Waals surface area contributed by atoms with Crippen molar-refractivity contribution in [3.8, 4) is 0 Å². The van der Waals surface area contributed by atoms with Crippen LogP contribution in [-0.4, -0.2) is 54.3 Å². The van der Waals surface area contributed by atoms with E-state index in [2.05, 4.69) is 0 Å². The van der Waals surface area contributed by atoms with Crippen LogP contribution in [0.15, 0.2) is 23.1 Å². The Labute approximate surface area is 123 Å². The highest BCUT2D eigenvalue weighted by atomic mass is 32.2. The average molecular weight is 321 g/mol. The van der Waals surface area contributed by atoms with E-state index in [9.17, 15) is 12.8 Å². The van der Waals surface area contributed by atoms with Crippen LogP contribution in [0.2, 0.25) is 0 Å². The van der Waals surface area contributed by atoms with Crippen LogP contribution in [0.1, 0.15) is 0 Å². The maximum Gasteiger partial charge on any atom is 0.180 e. The molecule has 8 heteroatoms. The van der Waals surface area contributed by atoms with Gasteiger partial charge in [-0.05, 0) is 18.2 Å². The van der Waals surface area contributed by atoms with Gasteiger partial charge in [-0.1, -0.05) is 0 Å². The van der Waals surface area contributed by atoms with Crippen LogP contribution in [0.3, 0.4) is 0 Å². The van der Waals surface area contributed by atoms with E-state index in [4.69, 9.17) is 19.9 Å². The largest absolute Gasteiger partial charge is 0.396 e. The Morgan fingerprint density at radius 1 is 1.10 bits per heavy atom. The lowest BCUT2D eigenvalue weighted by atomic mass is 10.3. The lowest BCUT2D eigenvalue weighted by Crippen LogP contribution is -2.15. The number of anilines is 1. The molecule has 0 aliphatic carbocycles. The number of sulfone groups is 1. The van der Waals surface area contributed by atoms with E-state index in [1.807, 2.05) is 0 Å². The quantitative estimate of drug-likeness (QED) is 0.508. The minimum absolute atomic E-state index is 0.0158. The standard InChI is InChI=1S/C13H20FNO5S/c1-18-4-5-19-6-7-20-8-9-21(16,17)11-2-3-13(15)12(14)10-11/h2-3,10H,4-9,15H2,1H3. The molecule has 0 amide bonds. The van der Waals surface area contributed by atoms with Gasteiger partial charge in [0.05, 0.1) is 49.4 Å². The Hall–Kier alpha value is -1.22. The second-order valence-corrected chi connectivity index (χ2v) is 6.33. The second kappa shape index (κ2) is 8.93.